The molecule has 0 saturated carbocycles. The summed E-state index contributed by atoms with van der Waals surface area (Å²) in [6, 6.07) is 13.5. The summed E-state index contributed by atoms with van der Waals surface area (Å²) in [7, 11) is 1.59. The molecule has 4 rings (SSSR count). The number of nitrogens with one attached hydrogen (secondary N) is 1. The molecule has 166 valence electrons. The van der Waals surface area contributed by atoms with Gasteiger partial charge in [0.25, 0.3) is 11.8 Å². The zero-order valence-electron chi connectivity index (χ0n) is 18.4. The number of piperidine rings is 1. The van der Waals surface area contributed by atoms with Gasteiger partial charge in [-0.1, -0.05) is 19.1 Å². The molecule has 0 unspecified atom stereocenters. The van der Waals surface area contributed by atoms with E-state index in [1.165, 1.54) is 24.2 Å². The first-order valence-corrected chi connectivity index (χ1v) is 11.4. The second-order valence-corrected chi connectivity index (χ2v) is 8.34. The second kappa shape index (κ2) is 9.53. The molecule has 1 N–H and O–H groups in total. The summed E-state index contributed by atoms with van der Waals surface area (Å²) in [6.45, 7) is 4.11. The predicted octanol–water partition coefficient (Wildman–Crippen LogP) is 4.08. The van der Waals surface area contributed by atoms with Crippen LogP contribution in [0.5, 0.6) is 5.75 Å². The summed E-state index contributed by atoms with van der Waals surface area (Å²) in [4.78, 5) is 29.6. The molecule has 2 aromatic carbocycles. The molecule has 7 heteroatoms. The Morgan fingerprint density at radius 1 is 1.03 bits per heavy atom. The Kier molecular flexibility index (Phi) is 6.55. The molecule has 2 aliphatic rings. The van der Waals surface area contributed by atoms with Crippen molar-refractivity contribution in [2.75, 3.05) is 30.0 Å². The molecule has 0 aliphatic carbocycles. The Labute approximate surface area is 193 Å². The molecule has 0 radical (unpaired) electrons. The Morgan fingerprint density at radius 2 is 1.72 bits per heavy atom. The van der Waals surface area contributed by atoms with Gasteiger partial charge < -0.3 is 9.64 Å². The van der Waals surface area contributed by atoms with Crippen molar-refractivity contribution in [2.45, 2.75) is 32.6 Å². The quantitative estimate of drug-likeness (QED) is 0.423. The molecule has 2 aromatic rings. The maximum atomic E-state index is 13.3. The van der Waals surface area contributed by atoms with Gasteiger partial charge in [0.2, 0.25) is 0 Å². The molecule has 32 heavy (non-hydrogen) atoms. The number of rotatable bonds is 5. The van der Waals surface area contributed by atoms with Crippen LogP contribution in [-0.2, 0) is 16.0 Å². The summed E-state index contributed by atoms with van der Waals surface area (Å²) >= 11 is 5.30. The van der Waals surface area contributed by atoms with Crippen molar-refractivity contribution < 1.29 is 14.3 Å². The lowest BCUT2D eigenvalue weighted by Crippen LogP contribution is -2.54. The molecular formula is C25H27N3O3S. The first-order chi connectivity index (χ1) is 15.5. The largest absolute Gasteiger partial charge is 0.496 e. The molecule has 2 saturated heterocycles. The SMILES string of the molecule is CCc1ccc(N2C(=O)/C(=C/c3ccc(N4CCCCC4)cc3OC)C(=O)NC2=S)cc1. The van der Waals surface area contributed by atoms with Gasteiger partial charge in [0, 0.05) is 30.4 Å². The molecule has 2 amide bonds. The van der Waals surface area contributed by atoms with E-state index in [4.69, 9.17) is 17.0 Å². The van der Waals surface area contributed by atoms with Crippen molar-refractivity contribution in [2.24, 2.45) is 0 Å². The second-order valence-electron chi connectivity index (χ2n) is 7.95. The third-order valence-corrected chi connectivity index (χ3v) is 6.23. The number of aryl methyl sites for hydroxylation is 1. The van der Waals surface area contributed by atoms with Gasteiger partial charge >= 0.3 is 0 Å². The Balaban J connectivity index is 1.66. The van der Waals surface area contributed by atoms with Gasteiger partial charge in [0.15, 0.2) is 5.11 Å². The molecular weight excluding hydrogens is 422 g/mol. The van der Waals surface area contributed by atoms with E-state index in [2.05, 4.69) is 17.1 Å². The third-order valence-electron chi connectivity index (χ3n) is 5.94. The number of benzene rings is 2. The number of carbonyl (C=O) groups excluding carboxylic acids is 2. The van der Waals surface area contributed by atoms with E-state index < -0.39 is 11.8 Å². The number of ether oxygens (including phenoxy) is 1. The maximum absolute atomic E-state index is 13.3. The lowest BCUT2D eigenvalue weighted by atomic mass is 10.0. The highest BCUT2D eigenvalue weighted by Crippen LogP contribution is 2.30. The van der Waals surface area contributed by atoms with Crippen LogP contribution in [0.25, 0.3) is 6.08 Å². The molecule has 0 bridgehead atoms. The van der Waals surface area contributed by atoms with Gasteiger partial charge in [-0.05, 0) is 73.8 Å². The standard InChI is InChI=1S/C25H27N3O3S/c1-3-17-7-10-19(11-8-17)28-24(30)21(23(29)26-25(28)32)15-18-9-12-20(16-22(18)31-2)27-13-5-4-6-14-27/h7-12,15-16H,3-6,13-14H2,1-2H3,(H,26,29,32)/b21-15+. The summed E-state index contributed by atoms with van der Waals surface area (Å²) in [5.74, 6) is -0.345. The van der Waals surface area contributed by atoms with Crippen LogP contribution in [-0.4, -0.2) is 37.1 Å². The zero-order chi connectivity index (χ0) is 22.7. The first-order valence-electron chi connectivity index (χ1n) is 10.9. The molecule has 6 nitrogen and oxygen atoms in total. The van der Waals surface area contributed by atoms with Crippen LogP contribution in [0.3, 0.4) is 0 Å². The average Bonchev–Trinajstić information content (AvgIpc) is 2.82. The van der Waals surface area contributed by atoms with E-state index in [1.807, 2.05) is 42.5 Å². The van der Waals surface area contributed by atoms with E-state index in [1.54, 1.807) is 13.2 Å². The minimum absolute atomic E-state index is 0.0159. The fourth-order valence-electron chi connectivity index (χ4n) is 4.10. The Hall–Kier alpha value is -3.19. The van der Waals surface area contributed by atoms with Gasteiger partial charge in [-0.15, -0.1) is 0 Å². The van der Waals surface area contributed by atoms with Crippen LogP contribution in [0, 0.1) is 0 Å². The molecule has 0 atom stereocenters. The number of thiocarbonyl (C=S) groups is 1. The van der Waals surface area contributed by atoms with Gasteiger partial charge in [-0.2, -0.15) is 0 Å². The molecule has 2 fully saturated rings. The first kappa shape index (κ1) is 22.0. The van der Waals surface area contributed by atoms with E-state index in [-0.39, 0.29) is 10.7 Å². The van der Waals surface area contributed by atoms with Crippen LogP contribution < -0.4 is 19.9 Å². The Bertz CT molecular complexity index is 1070. The summed E-state index contributed by atoms with van der Waals surface area (Å²) in [5, 5.41) is 2.72. The van der Waals surface area contributed by atoms with E-state index in [9.17, 15) is 9.59 Å². The number of methoxy groups -OCH3 is 1. The van der Waals surface area contributed by atoms with Gasteiger partial charge in [0.05, 0.1) is 12.8 Å². The van der Waals surface area contributed by atoms with Crippen molar-refractivity contribution in [3.8, 4) is 5.75 Å². The van der Waals surface area contributed by atoms with Crippen LogP contribution in [0.1, 0.15) is 37.3 Å². The van der Waals surface area contributed by atoms with Crippen molar-refractivity contribution in [3.63, 3.8) is 0 Å². The number of anilines is 2. The van der Waals surface area contributed by atoms with Gasteiger partial charge in [-0.25, -0.2) is 0 Å². The topological polar surface area (TPSA) is 61.9 Å². The third kappa shape index (κ3) is 4.39. The highest BCUT2D eigenvalue weighted by Gasteiger charge is 2.34. The number of amides is 2. The van der Waals surface area contributed by atoms with E-state index in [0.29, 0.717) is 17.0 Å². The number of hydrogen-bond acceptors (Lipinski definition) is 5. The fourth-order valence-corrected chi connectivity index (χ4v) is 4.38. The molecule has 2 aliphatic heterocycles. The summed E-state index contributed by atoms with van der Waals surface area (Å²) in [6.07, 6.45) is 6.09. The lowest BCUT2D eigenvalue weighted by molar-refractivity contribution is -0.122. The Morgan fingerprint density at radius 3 is 2.38 bits per heavy atom. The van der Waals surface area contributed by atoms with Crippen molar-refractivity contribution in [1.29, 1.82) is 0 Å². The highest BCUT2D eigenvalue weighted by molar-refractivity contribution is 7.80. The monoisotopic (exact) mass is 449 g/mol. The summed E-state index contributed by atoms with van der Waals surface area (Å²) < 4.78 is 5.59. The average molecular weight is 450 g/mol. The van der Waals surface area contributed by atoms with Crippen LogP contribution in [0.2, 0.25) is 0 Å². The van der Waals surface area contributed by atoms with Crippen molar-refractivity contribution in [1.82, 2.24) is 5.32 Å². The molecule has 2 heterocycles. The number of carbonyl (C=O) groups is 2. The summed E-state index contributed by atoms with van der Waals surface area (Å²) in [5.41, 5.74) is 3.54. The van der Waals surface area contributed by atoms with Crippen LogP contribution >= 0.6 is 12.2 Å². The van der Waals surface area contributed by atoms with Crippen LogP contribution in [0.15, 0.2) is 48.0 Å². The zero-order valence-corrected chi connectivity index (χ0v) is 19.2. The smallest absolute Gasteiger partial charge is 0.270 e. The predicted molar refractivity (Wildman–Crippen MR) is 131 cm³/mol. The normalized spacial score (nSPS) is 18.2. The maximum Gasteiger partial charge on any atom is 0.270 e. The van der Waals surface area contributed by atoms with Gasteiger partial charge in [0.1, 0.15) is 11.3 Å². The minimum Gasteiger partial charge on any atom is -0.496 e. The fraction of sp³-hybridized carbons (Fsp3) is 0.320. The number of nitrogens with zero attached hydrogens (tertiary/aromatic N) is 2. The lowest BCUT2D eigenvalue weighted by Gasteiger charge is -2.30. The van der Waals surface area contributed by atoms with Crippen molar-refractivity contribution >= 4 is 46.6 Å². The van der Waals surface area contributed by atoms with E-state index in [0.717, 1.165) is 30.8 Å². The van der Waals surface area contributed by atoms with Crippen molar-refractivity contribution in [3.05, 3.63) is 59.2 Å². The highest BCUT2D eigenvalue weighted by atomic mass is 32.1. The minimum atomic E-state index is -0.511. The molecule has 0 aromatic heterocycles. The molecule has 0 spiro atoms. The van der Waals surface area contributed by atoms with Gasteiger partial charge in [-0.3, -0.25) is 19.8 Å². The van der Waals surface area contributed by atoms with Crippen LogP contribution in [0.4, 0.5) is 11.4 Å². The van der Waals surface area contributed by atoms with E-state index >= 15 is 0 Å². The number of hydrogen-bond donors (Lipinski definition) is 1.